The van der Waals surface area contributed by atoms with E-state index in [0.29, 0.717) is 23.7 Å². The lowest BCUT2D eigenvalue weighted by molar-refractivity contribution is -0.117. The number of aryl methyl sites for hydroxylation is 1. The molecule has 0 atom stereocenters. The highest BCUT2D eigenvalue weighted by molar-refractivity contribution is 5.99. The van der Waals surface area contributed by atoms with Crippen molar-refractivity contribution in [3.8, 4) is 11.4 Å². The number of anilines is 1. The van der Waals surface area contributed by atoms with Crippen LogP contribution in [0.4, 0.5) is 5.82 Å². The lowest BCUT2D eigenvalue weighted by Crippen LogP contribution is -2.40. The number of benzene rings is 2. The van der Waals surface area contributed by atoms with Gasteiger partial charge in [-0.05, 0) is 42.8 Å². The fourth-order valence-electron chi connectivity index (χ4n) is 3.54. The van der Waals surface area contributed by atoms with Gasteiger partial charge in [0.05, 0.1) is 25.1 Å². The molecule has 0 aliphatic heterocycles. The third kappa shape index (κ3) is 6.70. The Morgan fingerprint density at radius 3 is 2.46 bits per heavy atom. The van der Waals surface area contributed by atoms with Crippen LogP contribution in [-0.2, 0) is 14.9 Å². The normalized spacial score (nSPS) is 11.3. The second-order valence-electron chi connectivity index (χ2n) is 9.42. The number of nitrogens with zero attached hydrogens (tertiary/aromatic N) is 3. The first-order valence-corrected chi connectivity index (χ1v) is 11.5. The lowest BCUT2D eigenvalue weighted by Gasteiger charge is -2.22. The molecule has 3 aromatic rings. The standard InChI is InChI=1S/C27H34N4O4/c1-19-9-7-11-21(15-19)31-24(17-23(29-31)27(2,3)4)28-25(32)18-30(13-14-34-5)26(33)20-10-8-12-22(16-20)35-6/h7-12,15-17H,13-14,18H2,1-6H3,(H,28,32). The van der Waals surface area contributed by atoms with Gasteiger partial charge in [-0.15, -0.1) is 0 Å². The second-order valence-corrected chi connectivity index (χ2v) is 9.42. The summed E-state index contributed by atoms with van der Waals surface area (Å²) < 4.78 is 12.1. The van der Waals surface area contributed by atoms with Gasteiger partial charge in [0.15, 0.2) is 0 Å². The summed E-state index contributed by atoms with van der Waals surface area (Å²) in [5.74, 6) is 0.514. The van der Waals surface area contributed by atoms with Gasteiger partial charge in [0.2, 0.25) is 5.91 Å². The molecule has 0 spiro atoms. The summed E-state index contributed by atoms with van der Waals surface area (Å²) in [6.45, 7) is 8.65. The van der Waals surface area contributed by atoms with Gasteiger partial charge >= 0.3 is 0 Å². The highest BCUT2D eigenvalue weighted by atomic mass is 16.5. The van der Waals surface area contributed by atoms with Crippen LogP contribution in [0.1, 0.15) is 42.4 Å². The van der Waals surface area contributed by atoms with Crippen molar-refractivity contribution in [2.24, 2.45) is 0 Å². The van der Waals surface area contributed by atoms with E-state index in [9.17, 15) is 9.59 Å². The molecule has 0 fully saturated rings. The van der Waals surface area contributed by atoms with Gasteiger partial charge in [-0.1, -0.05) is 39.0 Å². The van der Waals surface area contributed by atoms with Crippen LogP contribution in [0, 0.1) is 6.92 Å². The SMILES string of the molecule is COCCN(CC(=O)Nc1cc(C(C)(C)C)nn1-c1cccc(C)c1)C(=O)c1cccc(OC)c1. The number of hydrogen-bond acceptors (Lipinski definition) is 5. The summed E-state index contributed by atoms with van der Waals surface area (Å²) in [6.07, 6.45) is 0. The minimum absolute atomic E-state index is 0.136. The summed E-state index contributed by atoms with van der Waals surface area (Å²) in [5, 5.41) is 7.72. The molecule has 0 aliphatic carbocycles. The van der Waals surface area contributed by atoms with E-state index in [0.717, 1.165) is 16.9 Å². The van der Waals surface area contributed by atoms with Gasteiger partial charge in [-0.25, -0.2) is 4.68 Å². The van der Waals surface area contributed by atoms with E-state index >= 15 is 0 Å². The van der Waals surface area contributed by atoms with Gasteiger partial charge in [0.25, 0.3) is 5.91 Å². The Morgan fingerprint density at radius 2 is 1.80 bits per heavy atom. The number of rotatable bonds is 9. The van der Waals surface area contributed by atoms with Crippen LogP contribution < -0.4 is 10.1 Å². The van der Waals surface area contributed by atoms with Crippen molar-refractivity contribution in [1.29, 1.82) is 0 Å². The smallest absolute Gasteiger partial charge is 0.254 e. The van der Waals surface area contributed by atoms with Gasteiger partial charge in [0.1, 0.15) is 18.1 Å². The largest absolute Gasteiger partial charge is 0.497 e. The first-order chi connectivity index (χ1) is 16.6. The van der Waals surface area contributed by atoms with E-state index in [1.165, 1.54) is 4.90 Å². The van der Waals surface area contributed by atoms with Gasteiger partial charge in [-0.3, -0.25) is 9.59 Å². The summed E-state index contributed by atoms with van der Waals surface area (Å²) in [4.78, 5) is 27.8. The topological polar surface area (TPSA) is 85.7 Å². The highest BCUT2D eigenvalue weighted by Crippen LogP contribution is 2.26. The predicted octanol–water partition coefficient (Wildman–Crippen LogP) is 4.21. The van der Waals surface area contributed by atoms with Crippen molar-refractivity contribution < 1.29 is 19.1 Å². The van der Waals surface area contributed by atoms with E-state index < -0.39 is 0 Å². The van der Waals surface area contributed by atoms with Crippen molar-refractivity contribution in [2.45, 2.75) is 33.1 Å². The summed E-state index contributed by atoms with van der Waals surface area (Å²) in [6, 6.07) is 16.7. The monoisotopic (exact) mass is 478 g/mol. The minimum atomic E-state index is -0.327. The Labute approximate surface area is 206 Å². The quantitative estimate of drug-likeness (QED) is 0.498. The van der Waals surface area contributed by atoms with E-state index in [1.807, 2.05) is 37.3 Å². The average molecular weight is 479 g/mol. The van der Waals surface area contributed by atoms with Crippen molar-refractivity contribution in [3.05, 3.63) is 71.4 Å². The van der Waals surface area contributed by atoms with E-state index in [4.69, 9.17) is 14.6 Å². The Bertz CT molecular complexity index is 1180. The maximum atomic E-state index is 13.2. The molecule has 0 unspecified atom stereocenters. The lowest BCUT2D eigenvalue weighted by atomic mass is 9.92. The Hall–Kier alpha value is -3.65. The number of hydrogen-bond donors (Lipinski definition) is 1. The number of nitrogens with one attached hydrogen (secondary N) is 1. The summed E-state index contributed by atoms with van der Waals surface area (Å²) >= 11 is 0. The zero-order chi connectivity index (χ0) is 25.6. The molecular formula is C27H34N4O4. The molecule has 1 aromatic heterocycles. The van der Waals surface area contributed by atoms with Crippen LogP contribution in [0.15, 0.2) is 54.6 Å². The Morgan fingerprint density at radius 1 is 1.06 bits per heavy atom. The third-order valence-corrected chi connectivity index (χ3v) is 5.50. The van der Waals surface area contributed by atoms with Crippen molar-refractivity contribution in [2.75, 3.05) is 39.2 Å². The maximum Gasteiger partial charge on any atom is 0.254 e. The molecule has 8 nitrogen and oxygen atoms in total. The summed E-state index contributed by atoms with van der Waals surface area (Å²) in [5.41, 5.74) is 3.01. The predicted molar refractivity (Wildman–Crippen MR) is 136 cm³/mol. The van der Waals surface area contributed by atoms with Crippen LogP contribution in [0.3, 0.4) is 0 Å². The van der Waals surface area contributed by atoms with Crippen LogP contribution in [0.2, 0.25) is 0 Å². The number of ether oxygens (including phenoxy) is 2. The highest BCUT2D eigenvalue weighted by Gasteiger charge is 2.24. The fourth-order valence-corrected chi connectivity index (χ4v) is 3.54. The van der Waals surface area contributed by atoms with E-state index in [-0.39, 0.29) is 30.3 Å². The van der Waals surface area contributed by atoms with Gasteiger partial charge < -0.3 is 19.7 Å². The molecular weight excluding hydrogens is 444 g/mol. The Balaban J connectivity index is 1.86. The number of methoxy groups -OCH3 is 2. The third-order valence-electron chi connectivity index (χ3n) is 5.50. The molecule has 186 valence electrons. The molecule has 2 amide bonds. The van der Waals surface area contributed by atoms with E-state index in [2.05, 4.69) is 26.1 Å². The molecule has 3 rings (SSSR count). The van der Waals surface area contributed by atoms with Crippen LogP contribution >= 0.6 is 0 Å². The fraction of sp³-hybridized carbons (Fsp3) is 0.370. The first kappa shape index (κ1) is 26.0. The number of carbonyl (C=O) groups excluding carboxylic acids is 2. The molecule has 2 aromatic carbocycles. The van der Waals surface area contributed by atoms with Gasteiger partial charge in [0, 0.05) is 30.7 Å². The molecule has 1 N–H and O–H groups in total. The first-order valence-electron chi connectivity index (χ1n) is 11.5. The van der Waals surface area contributed by atoms with Crippen LogP contribution in [-0.4, -0.2) is 60.4 Å². The summed E-state index contributed by atoms with van der Waals surface area (Å²) in [7, 11) is 3.10. The molecule has 0 saturated heterocycles. The molecule has 35 heavy (non-hydrogen) atoms. The molecule has 1 heterocycles. The number of amides is 2. The number of carbonyl (C=O) groups is 2. The van der Waals surface area contributed by atoms with Crippen LogP contribution in [0.5, 0.6) is 5.75 Å². The van der Waals surface area contributed by atoms with Crippen molar-refractivity contribution in [1.82, 2.24) is 14.7 Å². The Kier molecular flexibility index (Phi) is 8.30. The molecule has 0 bridgehead atoms. The molecule has 0 radical (unpaired) electrons. The maximum absolute atomic E-state index is 13.2. The zero-order valence-corrected chi connectivity index (χ0v) is 21.3. The van der Waals surface area contributed by atoms with Gasteiger partial charge in [-0.2, -0.15) is 5.10 Å². The van der Waals surface area contributed by atoms with Crippen molar-refractivity contribution >= 4 is 17.6 Å². The number of aromatic nitrogens is 2. The molecule has 8 heteroatoms. The molecule has 0 saturated carbocycles. The average Bonchev–Trinajstić information content (AvgIpc) is 3.25. The van der Waals surface area contributed by atoms with Crippen LogP contribution in [0.25, 0.3) is 5.69 Å². The second kappa shape index (κ2) is 11.2. The minimum Gasteiger partial charge on any atom is -0.497 e. The molecule has 0 aliphatic rings. The zero-order valence-electron chi connectivity index (χ0n) is 21.3. The van der Waals surface area contributed by atoms with Crippen molar-refractivity contribution in [3.63, 3.8) is 0 Å². The van der Waals surface area contributed by atoms with E-state index in [1.54, 1.807) is 43.2 Å².